The maximum Gasteiger partial charge on any atom is 0.406 e. The Balaban J connectivity index is 1.58. The molecule has 0 radical (unpaired) electrons. The third kappa shape index (κ3) is 5.26. The predicted molar refractivity (Wildman–Crippen MR) is 150 cm³/mol. The lowest BCUT2D eigenvalue weighted by atomic mass is 9.80. The summed E-state index contributed by atoms with van der Waals surface area (Å²) in [7, 11) is -2.21. The number of carbonyl (C=O) groups is 2. The standard InChI is InChI=1S/C26H23Cl2F8N3O3S2/c1-12-6-24(29,30)9-39(12)20(40)17-18(43-19(37-17)21(41)38-7-23(8-38)10-44(3,42)11-23)13-4-5-14(16(28)15(13)27)22(2,25(31,32)33)26(34,35)36/h4-5,12H,3,6-11H2,1-2H3/t12-/m0/s1. The van der Waals surface area contributed by atoms with E-state index in [9.17, 15) is 48.9 Å². The zero-order valence-corrected chi connectivity index (χ0v) is 26.0. The quantitative estimate of drug-likeness (QED) is 0.267. The van der Waals surface area contributed by atoms with Crippen LogP contribution in [0.4, 0.5) is 35.1 Å². The highest BCUT2D eigenvalue weighted by atomic mass is 35.5. The Morgan fingerprint density at radius 3 is 2.07 bits per heavy atom. The highest BCUT2D eigenvalue weighted by Crippen LogP contribution is 2.55. The summed E-state index contributed by atoms with van der Waals surface area (Å²) < 4.78 is 123. The first-order valence-corrected chi connectivity index (χ1v) is 16.5. The van der Waals surface area contributed by atoms with Gasteiger partial charge in [0.05, 0.1) is 21.5 Å². The molecule has 2 amide bonds. The summed E-state index contributed by atoms with van der Waals surface area (Å²) in [6.45, 7) is 0.742. The third-order valence-corrected chi connectivity index (χ3v) is 12.5. The van der Waals surface area contributed by atoms with E-state index in [1.165, 1.54) is 11.8 Å². The van der Waals surface area contributed by atoms with E-state index in [0.29, 0.717) is 28.9 Å². The molecule has 18 heteroatoms. The fraction of sp³-hybridized carbons (Fsp3) is 0.538. The van der Waals surface area contributed by atoms with Crippen LogP contribution in [0.25, 0.3) is 10.4 Å². The van der Waals surface area contributed by atoms with E-state index in [1.54, 1.807) is 0 Å². The highest BCUT2D eigenvalue weighted by molar-refractivity contribution is 8.01. The van der Waals surface area contributed by atoms with Crippen molar-refractivity contribution in [3.8, 4) is 10.4 Å². The molecule has 3 aliphatic heterocycles. The largest absolute Gasteiger partial charge is 0.406 e. The fourth-order valence-electron chi connectivity index (χ4n) is 6.03. The van der Waals surface area contributed by atoms with E-state index in [2.05, 4.69) is 10.9 Å². The van der Waals surface area contributed by atoms with E-state index >= 15 is 0 Å². The summed E-state index contributed by atoms with van der Waals surface area (Å²) in [5.74, 6) is -0.641. The number of benzene rings is 1. The van der Waals surface area contributed by atoms with Crippen molar-refractivity contribution in [2.24, 2.45) is 5.41 Å². The van der Waals surface area contributed by atoms with Crippen molar-refractivity contribution < 1.29 is 48.9 Å². The molecule has 2 aromatic rings. The maximum absolute atomic E-state index is 14.1. The van der Waals surface area contributed by atoms with Crippen molar-refractivity contribution in [1.82, 2.24) is 14.8 Å². The average molecular weight is 713 g/mol. The van der Waals surface area contributed by atoms with Gasteiger partial charge in [0.15, 0.2) is 10.4 Å². The number of amides is 2. The number of halogens is 10. The van der Waals surface area contributed by atoms with Gasteiger partial charge in [-0.25, -0.2) is 13.8 Å². The second-order valence-electron chi connectivity index (χ2n) is 11.9. The molecule has 3 aliphatic rings. The first-order valence-electron chi connectivity index (χ1n) is 12.9. The molecular formula is C26H23Cl2F8N3O3S2. The van der Waals surface area contributed by atoms with E-state index in [0.717, 1.165) is 11.0 Å². The first kappa shape index (κ1) is 33.2. The minimum atomic E-state index is -5.84. The molecule has 5 rings (SSSR count). The van der Waals surface area contributed by atoms with Crippen LogP contribution >= 0.6 is 34.5 Å². The maximum atomic E-state index is 14.1. The Bertz CT molecular complexity index is 1640. The molecule has 0 aliphatic carbocycles. The predicted octanol–water partition coefficient (Wildman–Crippen LogP) is 6.54. The van der Waals surface area contributed by atoms with Gasteiger partial charge < -0.3 is 9.80 Å². The van der Waals surface area contributed by atoms with Crippen LogP contribution in [-0.2, 0) is 14.9 Å². The van der Waals surface area contributed by atoms with Gasteiger partial charge >= 0.3 is 12.4 Å². The number of rotatable bonds is 4. The van der Waals surface area contributed by atoms with E-state index in [-0.39, 0.29) is 40.9 Å². The summed E-state index contributed by atoms with van der Waals surface area (Å²) in [5.41, 5.74) is -7.04. The summed E-state index contributed by atoms with van der Waals surface area (Å²) >= 11 is 12.9. The van der Waals surface area contributed by atoms with Crippen molar-refractivity contribution in [3.63, 3.8) is 0 Å². The first-order chi connectivity index (χ1) is 19.9. The molecule has 0 bridgehead atoms. The lowest BCUT2D eigenvalue weighted by Gasteiger charge is -2.56. The molecule has 3 saturated heterocycles. The number of alkyl halides is 8. The number of hydrogen-bond donors (Lipinski definition) is 0. The minimum absolute atomic E-state index is 0.0908. The monoisotopic (exact) mass is 711 g/mol. The number of likely N-dealkylation sites (tertiary alicyclic amines) is 2. The van der Waals surface area contributed by atoms with Gasteiger partial charge in [-0.05, 0) is 34.8 Å². The van der Waals surface area contributed by atoms with E-state index in [1.807, 2.05) is 0 Å². The molecule has 4 heterocycles. The smallest absolute Gasteiger partial charge is 0.335 e. The van der Waals surface area contributed by atoms with Crippen molar-refractivity contribution in [2.75, 3.05) is 31.1 Å². The van der Waals surface area contributed by atoms with Crippen molar-refractivity contribution in [3.05, 3.63) is 38.4 Å². The lowest BCUT2D eigenvalue weighted by molar-refractivity contribution is -0.297. The van der Waals surface area contributed by atoms with Gasteiger partial charge in [0.2, 0.25) is 0 Å². The van der Waals surface area contributed by atoms with Gasteiger partial charge in [-0.1, -0.05) is 35.3 Å². The second kappa shape index (κ2) is 10.2. The van der Waals surface area contributed by atoms with Crippen LogP contribution < -0.4 is 0 Å². The van der Waals surface area contributed by atoms with Crippen LogP contribution in [0.3, 0.4) is 0 Å². The number of hydrogen-bond acceptors (Lipinski definition) is 5. The zero-order valence-electron chi connectivity index (χ0n) is 22.8. The normalized spacial score (nSPS) is 22.6. The molecule has 1 aromatic carbocycles. The zero-order chi connectivity index (χ0) is 33.0. The van der Waals surface area contributed by atoms with Gasteiger partial charge in [-0.2, -0.15) is 26.3 Å². The van der Waals surface area contributed by atoms with Crippen LogP contribution in [-0.4, -0.2) is 92.1 Å². The molecule has 44 heavy (non-hydrogen) atoms. The molecule has 1 aromatic heterocycles. The SMILES string of the molecule is C=S1(=O)CC2(CN(C(=O)c3nc(C(=O)N4CC(F)(F)C[C@@H]4C)c(-c4ccc(C(C)(C(F)(F)F)C(F)(F)F)c(Cl)c4Cl)s3)C2)C1. The summed E-state index contributed by atoms with van der Waals surface area (Å²) in [6.07, 6.45) is -12.3. The number of thiazole rings is 1. The molecule has 0 saturated carbocycles. The molecule has 1 spiro atoms. The Hall–Kier alpha value is -2.17. The van der Waals surface area contributed by atoms with E-state index < -0.39 is 85.3 Å². The highest BCUT2D eigenvalue weighted by Gasteiger charge is 2.69. The van der Waals surface area contributed by atoms with Gasteiger partial charge in [-0.15, -0.1) is 11.3 Å². The lowest BCUT2D eigenvalue weighted by Crippen LogP contribution is -2.69. The Morgan fingerprint density at radius 2 is 1.59 bits per heavy atom. The van der Waals surface area contributed by atoms with Crippen molar-refractivity contribution >= 4 is 61.7 Å². The summed E-state index contributed by atoms with van der Waals surface area (Å²) in [6, 6.07) is 0.300. The van der Waals surface area contributed by atoms with Crippen LogP contribution in [0.1, 0.15) is 46.1 Å². The molecule has 0 unspecified atom stereocenters. The number of aromatic nitrogens is 1. The third-order valence-electron chi connectivity index (χ3n) is 8.28. The minimum Gasteiger partial charge on any atom is -0.335 e. The van der Waals surface area contributed by atoms with Crippen LogP contribution in [0.2, 0.25) is 10.0 Å². The average Bonchev–Trinajstić information content (AvgIpc) is 3.39. The molecule has 242 valence electrons. The molecular weight excluding hydrogens is 689 g/mol. The Kier molecular flexibility index (Phi) is 7.67. The van der Waals surface area contributed by atoms with Gasteiger partial charge in [0.1, 0.15) is 5.69 Å². The number of carbonyl (C=O) groups excluding carboxylic acids is 2. The second-order valence-corrected chi connectivity index (χ2v) is 16.1. The Labute approximate surface area is 260 Å². The van der Waals surface area contributed by atoms with Crippen LogP contribution in [0.5, 0.6) is 0 Å². The molecule has 6 nitrogen and oxygen atoms in total. The summed E-state index contributed by atoms with van der Waals surface area (Å²) in [5, 5.41) is -2.19. The molecule has 0 N–H and O–H groups in total. The van der Waals surface area contributed by atoms with Gasteiger partial charge in [0.25, 0.3) is 17.7 Å². The van der Waals surface area contributed by atoms with E-state index in [4.69, 9.17) is 23.2 Å². The van der Waals surface area contributed by atoms with Crippen LogP contribution in [0, 0.1) is 5.41 Å². The fourth-order valence-corrected chi connectivity index (χ4v) is 10.3. The van der Waals surface area contributed by atoms with Crippen LogP contribution in [0.15, 0.2) is 12.1 Å². The van der Waals surface area contributed by atoms with Crippen molar-refractivity contribution in [2.45, 2.75) is 50.0 Å². The molecule has 1 atom stereocenters. The van der Waals surface area contributed by atoms with Crippen molar-refractivity contribution in [1.29, 1.82) is 0 Å². The number of nitrogens with zero attached hydrogens (tertiary/aromatic N) is 3. The molecule has 3 fully saturated rings. The summed E-state index contributed by atoms with van der Waals surface area (Å²) in [4.78, 5) is 32.9. The Morgan fingerprint density at radius 1 is 1.02 bits per heavy atom. The van der Waals surface area contributed by atoms with Gasteiger partial charge in [0, 0.05) is 48.0 Å². The van der Waals surface area contributed by atoms with Gasteiger partial charge in [-0.3, -0.25) is 13.8 Å². The topological polar surface area (TPSA) is 70.6 Å².